The average molecular weight is 518 g/mol. The van der Waals surface area contributed by atoms with Gasteiger partial charge in [-0.1, -0.05) is 11.6 Å². The van der Waals surface area contributed by atoms with E-state index in [-0.39, 0.29) is 31.7 Å². The lowest BCUT2D eigenvalue weighted by molar-refractivity contribution is -0.147. The fraction of sp³-hybridized carbons (Fsp3) is 0.238. The lowest BCUT2D eigenvalue weighted by Crippen LogP contribution is -2.41. The van der Waals surface area contributed by atoms with Gasteiger partial charge in [0.05, 0.1) is 17.8 Å². The summed E-state index contributed by atoms with van der Waals surface area (Å²) >= 11 is 6.04. The summed E-state index contributed by atoms with van der Waals surface area (Å²) in [5.74, 6) is -1.97. The minimum Gasteiger partial charge on any atom is -0.467 e. The third-order valence-electron chi connectivity index (χ3n) is 4.57. The number of nitrogens with zero attached hydrogens (tertiary/aromatic N) is 3. The molecule has 0 saturated carbocycles. The Balaban J connectivity index is 2.01. The number of carbonyl (C=O) groups is 1. The van der Waals surface area contributed by atoms with Gasteiger partial charge in [0.15, 0.2) is 6.23 Å². The molecule has 0 fully saturated rings. The Hall–Kier alpha value is -3.71. The van der Waals surface area contributed by atoms with Crippen molar-refractivity contribution in [1.82, 2.24) is 9.13 Å². The van der Waals surface area contributed by atoms with Crippen molar-refractivity contribution >= 4 is 23.8 Å². The number of halogens is 5. The molecule has 35 heavy (non-hydrogen) atoms. The number of methoxy groups -OCH3 is 1. The maximum atomic E-state index is 14.7. The first-order valence-corrected chi connectivity index (χ1v) is 9.97. The van der Waals surface area contributed by atoms with E-state index in [1.165, 1.54) is 31.6 Å². The number of aliphatic imine (C=N–C) groups is 1. The molecule has 2 heterocycles. The second-order valence-electron chi connectivity index (χ2n) is 6.88. The highest BCUT2D eigenvalue weighted by Gasteiger charge is 2.35. The third kappa shape index (κ3) is 5.87. The van der Waals surface area contributed by atoms with Gasteiger partial charge in [-0.05, 0) is 18.2 Å². The van der Waals surface area contributed by atoms with E-state index in [0.29, 0.717) is 0 Å². The highest BCUT2D eigenvalue weighted by atomic mass is 35.5. The van der Waals surface area contributed by atoms with Gasteiger partial charge in [0, 0.05) is 31.5 Å². The normalized spacial score (nSPS) is 15.5. The molecule has 1 unspecified atom stereocenters. The zero-order valence-electron chi connectivity index (χ0n) is 18.0. The molecule has 0 radical (unpaired) electrons. The average Bonchev–Trinajstić information content (AvgIpc) is 3.01. The van der Waals surface area contributed by atoms with Crippen LogP contribution in [0.4, 0.5) is 17.6 Å². The molecule has 0 spiro atoms. The van der Waals surface area contributed by atoms with Gasteiger partial charge in [0.25, 0.3) is 5.56 Å². The molecule has 1 atom stereocenters. The largest absolute Gasteiger partial charge is 0.467 e. The Kier molecular flexibility index (Phi) is 7.60. The molecule has 1 aliphatic heterocycles. The number of hydrogen-bond acceptors (Lipinski definition) is 7. The van der Waals surface area contributed by atoms with E-state index in [2.05, 4.69) is 9.73 Å². The van der Waals surface area contributed by atoms with Crippen molar-refractivity contribution < 1.29 is 36.6 Å². The Morgan fingerprint density at radius 1 is 1.23 bits per heavy atom. The van der Waals surface area contributed by atoms with Crippen LogP contribution in [0.1, 0.15) is 5.69 Å². The fourth-order valence-corrected chi connectivity index (χ4v) is 3.09. The second kappa shape index (κ2) is 10.3. The van der Waals surface area contributed by atoms with Crippen molar-refractivity contribution in [3.8, 4) is 11.4 Å². The van der Waals surface area contributed by atoms with Gasteiger partial charge >= 0.3 is 17.8 Å². The highest BCUT2D eigenvalue weighted by Crippen LogP contribution is 2.31. The summed E-state index contributed by atoms with van der Waals surface area (Å²) in [7, 11) is 1.97. The van der Waals surface area contributed by atoms with Crippen molar-refractivity contribution in [3.63, 3.8) is 0 Å². The molecular weight excluding hydrogens is 502 g/mol. The minimum atomic E-state index is -4.98. The van der Waals surface area contributed by atoms with E-state index >= 15 is 0 Å². The van der Waals surface area contributed by atoms with Crippen LogP contribution < -0.4 is 16.0 Å². The quantitative estimate of drug-likeness (QED) is 0.431. The summed E-state index contributed by atoms with van der Waals surface area (Å²) in [6.07, 6.45) is -0.368. The summed E-state index contributed by atoms with van der Waals surface area (Å²) in [4.78, 5) is 40.2. The van der Waals surface area contributed by atoms with Gasteiger partial charge in [-0.3, -0.25) is 14.4 Å². The number of esters is 1. The number of rotatable bonds is 6. The Bertz CT molecular complexity index is 1360. The van der Waals surface area contributed by atoms with Crippen LogP contribution in [0.2, 0.25) is 5.02 Å². The number of aromatic nitrogens is 2. The lowest BCUT2D eigenvalue weighted by atomic mass is 10.2. The van der Waals surface area contributed by atoms with Crippen molar-refractivity contribution in [1.29, 1.82) is 0 Å². The topological polar surface area (TPSA) is 101 Å². The maximum absolute atomic E-state index is 14.7. The molecule has 0 saturated heterocycles. The molecule has 2 aromatic rings. The maximum Gasteiger partial charge on any atom is 0.431 e. The third-order valence-corrected chi connectivity index (χ3v) is 4.86. The number of benzene rings is 1. The zero-order valence-corrected chi connectivity index (χ0v) is 18.8. The van der Waals surface area contributed by atoms with E-state index in [0.717, 1.165) is 19.2 Å². The summed E-state index contributed by atoms with van der Waals surface area (Å²) < 4.78 is 69.8. The summed E-state index contributed by atoms with van der Waals surface area (Å²) in [6.45, 7) is -0.413. The van der Waals surface area contributed by atoms with Crippen LogP contribution in [0.3, 0.4) is 0 Å². The first kappa shape index (κ1) is 25.9. The molecule has 1 aromatic heterocycles. The number of allylic oxidation sites excluding steroid dienone is 2. The van der Waals surface area contributed by atoms with Gasteiger partial charge in [0.1, 0.15) is 29.6 Å². The summed E-state index contributed by atoms with van der Waals surface area (Å²) in [5.41, 5.74) is -5.03. The standard InChI is InChI=1S/C21H16ClF4N3O6/c1-28-16(21(24,25)26)9-18(30)29(20(28)32)14-8-15(12(22)7-13(14)23)35-11-4-3-5-27-17(6-11)34-10-19(31)33-2/h3-9,17H,10H2,1-2H3. The Labute approximate surface area is 199 Å². The van der Waals surface area contributed by atoms with Gasteiger partial charge in [-0.2, -0.15) is 13.2 Å². The fourth-order valence-electron chi connectivity index (χ4n) is 2.90. The van der Waals surface area contributed by atoms with Crippen LogP contribution in [0, 0.1) is 5.82 Å². The van der Waals surface area contributed by atoms with Crippen LogP contribution in [0.5, 0.6) is 5.75 Å². The van der Waals surface area contributed by atoms with Crippen molar-refractivity contribution in [2.45, 2.75) is 12.4 Å². The minimum absolute atomic E-state index is 0.0736. The first-order chi connectivity index (χ1) is 16.4. The van der Waals surface area contributed by atoms with Crippen LogP contribution in [0.15, 0.2) is 56.8 Å². The van der Waals surface area contributed by atoms with E-state index < -0.39 is 53.4 Å². The number of hydrogen-bond donors (Lipinski definition) is 0. The second-order valence-corrected chi connectivity index (χ2v) is 7.29. The lowest BCUT2D eigenvalue weighted by Gasteiger charge is -2.16. The smallest absolute Gasteiger partial charge is 0.431 e. The van der Waals surface area contributed by atoms with Crippen LogP contribution >= 0.6 is 11.6 Å². The predicted molar refractivity (Wildman–Crippen MR) is 115 cm³/mol. The van der Waals surface area contributed by atoms with E-state index in [1.807, 2.05) is 0 Å². The summed E-state index contributed by atoms with van der Waals surface area (Å²) in [6, 6.07) is 1.80. The van der Waals surface area contributed by atoms with E-state index in [4.69, 9.17) is 21.1 Å². The molecule has 0 amide bonds. The molecule has 0 aliphatic carbocycles. The van der Waals surface area contributed by atoms with Crippen LogP contribution in [-0.2, 0) is 27.5 Å². The van der Waals surface area contributed by atoms with E-state index in [9.17, 15) is 31.9 Å². The SMILES string of the molecule is COC(=O)COC1C=C(Oc2cc(-n3c(=O)cc(C(F)(F)F)n(C)c3=O)c(F)cc2Cl)C=CC=N1. The van der Waals surface area contributed by atoms with Crippen molar-refractivity contribution in [2.24, 2.45) is 12.0 Å². The van der Waals surface area contributed by atoms with Crippen molar-refractivity contribution in [3.05, 3.63) is 79.6 Å². The van der Waals surface area contributed by atoms with Gasteiger partial charge < -0.3 is 14.2 Å². The van der Waals surface area contributed by atoms with Gasteiger partial charge in [-0.15, -0.1) is 0 Å². The van der Waals surface area contributed by atoms with Gasteiger partial charge in [-0.25, -0.2) is 18.5 Å². The number of ether oxygens (including phenoxy) is 3. The van der Waals surface area contributed by atoms with Crippen LogP contribution in [-0.4, -0.2) is 41.3 Å². The molecule has 1 aliphatic rings. The first-order valence-electron chi connectivity index (χ1n) is 9.60. The molecule has 0 N–H and O–H groups in total. The van der Waals surface area contributed by atoms with Crippen molar-refractivity contribution in [2.75, 3.05) is 13.7 Å². The number of carbonyl (C=O) groups excluding carboxylic acids is 1. The highest BCUT2D eigenvalue weighted by molar-refractivity contribution is 6.32. The molecule has 0 bridgehead atoms. The molecule has 1 aromatic carbocycles. The molecule has 14 heteroatoms. The van der Waals surface area contributed by atoms with Crippen LogP contribution in [0.25, 0.3) is 5.69 Å². The predicted octanol–water partition coefficient (Wildman–Crippen LogP) is 2.77. The Morgan fingerprint density at radius 3 is 2.60 bits per heavy atom. The molecule has 186 valence electrons. The number of alkyl halides is 3. The molecular formula is C21H16ClF4N3O6. The molecule has 3 rings (SSSR count). The van der Waals surface area contributed by atoms with E-state index in [1.54, 1.807) is 0 Å². The molecule has 9 nitrogen and oxygen atoms in total. The Morgan fingerprint density at radius 2 is 1.94 bits per heavy atom. The van der Waals surface area contributed by atoms with Gasteiger partial charge in [0.2, 0.25) is 0 Å². The zero-order chi connectivity index (χ0) is 25.9. The summed E-state index contributed by atoms with van der Waals surface area (Å²) in [5, 5.41) is -0.269. The monoisotopic (exact) mass is 517 g/mol.